The highest BCUT2D eigenvalue weighted by Crippen LogP contribution is 2.37. The summed E-state index contributed by atoms with van der Waals surface area (Å²) in [5, 5.41) is 18.5. The van der Waals surface area contributed by atoms with Crippen molar-refractivity contribution in [2.24, 2.45) is 5.92 Å². The molecule has 2 unspecified atom stereocenters. The van der Waals surface area contributed by atoms with Gasteiger partial charge < -0.3 is 30.0 Å². The van der Waals surface area contributed by atoms with E-state index in [2.05, 4.69) is 41.6 Å². The molecule has 0 amide bonds. The van der Waals surface area contributed by atoms with E-state index in [4.69, 9.17) is 14.2 Å². The van der Waals surface area contributed by atoms with Crippen LogP contribution in [0.2, 0.25) is 0 Å². The molecule has 0 saturated heterocycles. The molecule has 2 atom stereocenters. The van der Waals surface area contributed by atoms with Crippen LogP contribution in [0.5, 0.6) is 23.0 Å². The van der Waals surface area contributed by atoms with Crippen LogP contribution >= 0.6 is 0 Å². The summed E-state index contributed by atoms with van der Waals surface area (Å²) in [6.07, 6.45) is 1.79. The molecule has 3 N–H and O–H groups in total. The first-order chi connectivity index (χ1) is 18.0. The molecule has 3 aromatic carbocycles. The van der Waals surface area contributed by atoms with E-state index in [1.165, 1.54) is 5.56 Å². The van der Waals surface area contributed by atoms with E-state index < -0.39 is 6.23 Å². The summed E-state index contributed by atoms with van der Waals surface area (Å²) in [6.45, 7) is 5.01. The summed E-state index contributed by atoms with van der Waals surface area (Å²) in [6, 6.07) is 23.2. The molecule has 1 aromatic heterocycles. The average Bonchev–Trinajstić information content (AvgIpc) is 2.91. The summed E-state index contributed by atoms with van der Waals surface area (Å²) >= 11 is 0. The van der Waals surface area contributed by atoms with Gasteiger partial charge in [-0.3, -0.25) is 4.98 Å². The number of nitrogens with one attached hydrogen (secondary N) is 2. The number of benzene rings is 3. The first kappa shape index (κ1) is 26.3. The molecule has 0 fully saturated rings. The van der Waals surface area contributed by atoms with Crippen molar-refractivity contribution >= 4 is 16.6 Å². The number of hydrogen-bond acceptors (Lipinski definition) is 7. The predicted octanol–water partition coefficient (Wildman–Crippen LogP) is 5.98. The van der Waals surface area contributed by atoms with Crippen molar-refractivity contribution in [2.45, 2.75) is 39.1 Å². The van der Waals surface area contributed by atoms with E-state index in [9.17, 15) is 5.11 Å². The van der Waals surface area contributed by atoms with Crippen LogP contribution in [0.4, 0.5) is 5.69 Å². The van der Waals surface area contributed by atoms with Gasteiger partial charge in [0.2, 0.25) is 0 Å². The first-order valence-corrected chi connectivity index (χ1v) is 12.5. The Morgan fingerprint density at radius 3 is 2.24 bits per heavy atom. The second kappa shape index (κ2) is 12.4. The minimum Gasteiger partial charge on any atom is -0.493 e. The smallest absolute Gasteiger partial charge is 0.162 e. The highest BCUT2D eigenvalue weighted by atomic mass is 16.5. The molecule has 0 aliphatic carbocycles. The maximum absolute atomic E-state index is 11.0. The summed E-state index contributed by atoms with van der Waals surface area (Å²) in [5.41, 5.74) is 2.74. The van der Waals surface area contributed by atoms with Crippen LogP contribution in [-0.2, 0) is 6.54 Å². The molecule has 0 aliphatic heterocycles. The molecule has 1 heterocycles. The largest absolute Gasteiger partial charge is 0.493 e. The molecule has 0 saturated carbocycles. The Hall–Kier alpha value is -3.81. The van der Waals surface area contributed by atoms with Gasteiger partial charge in [0, 0.05) is 29.9 Å². The van der Waals surface area contributed by atoms with Crippen LogP contribution in [-0.4, -0.2) is 36.6 Å². The number of rotatable bonds is 12. The number of aromatic nitrogens is 1. The first-order valence-electron chi connectivity index (χ1n) is 12.5. The van der Waals surface area contributed by atoms with Crippen molar-refractivity contribution in [3.8, 4) is 23.0 Å². The van der Waals surface area contributed by atoms with Crippen molar-refractivity contribution in [1.29, 1.82) is 0 Å². The van der Waals surface area contributed by atoms with Gasteiger partial charge in [0.05, 0.1) is 25.8 Å². The van der Waals surface area contributed by atoms with Gasteiger partial charge in [-0.05, 0) is 54.3 Å². The molecule has 4 rings (SSSR count). The Labute approximate surface area is 218 Å². The zero-order chi connectivity index (χ0) is 26.2. The number of methoxy groups -OCH3 is 2. The van der Waals surface area contributed by atoms with Crippen molar-refractivity contribution in [3.63, 3.8) is 0 Å². The van der Waals surface area contributed by atoms with Gasteiger partial charge in [-0.2, -0.15) is 0 Å². The third-order valence-electron chi connectivity index (χ3n) is 6.12. The molecule has 37 heavy (non-hydrogen) atoms. The molecule has 0 bridgehead atoms. The fourth-order valence-corrected chi connectivity index (χ4v) is 4.23. The minimum atomic E-state index is -0.746. The number of aliphatic hydroxyl groups is 1. The van der Waals surface area contributed by atoms with Crippen LogP contribution in [0.1, 0.15) is 25.8 Å². The molecule has 0 aliphatic rings. The highest BCUT2D eigenvalue weighted by Gasteiger charge is 2.20. The van der Waals surface area contributed by atoms with Crippen molar-refractivity contribution in [2.75, 3.05) is 19.5 Å². The second-order valence-corrected chi connectivity index (χ2v) is 9.35. The number of fused-ring (bicyclic) bond motifs is 1. The van der Waals surface area contributed by atoms with Crippen LogP contribution < -0.4 is 24.8 Å². The van der Waals surface area contributed by atoms with Gasteiger partial charge >= 0.3 is 0 Å². The zero-order valence-corrected chi connectivity index (χ0v) is 21.8. The number of pyridine rings is 1. The molecule has 0 radical (unpaired) electrons. The van der Waals surface area contributed by atoms with Crippen LogP contribution in [0, 0.1) is 5.92 Å². The number of hydrogen-bond donors (Lipinski definition) is 3. The maximum Gasteiger partial charge on any atom is 0.162 e. The molecule has 7 nitrogen and oxygen atoms in total. The molecular weight excluding hydrogens is 466 g/mol. The number of ether oxygens (including phenoxy) is 3. The lowest BCUT2D eigenvalue weighted by Gasteiger charge is -2.27. The van der Waals surface area contributed by atoms with Gasteiger partial charge in [0.1, 0.15) is 17.7 Å². The Balaban J connectivity index is 1.44. The third-order valence-corrected chi connectivity index (χ3v) is 6.12. The summed E-state index contributed by atoms with van der Waals surface area (Å²) in [4.78, 5) is 4.43. The fraction of sp³-hybridized carbons (Fsp3) is 0.300. The van der Waals surface area contributed by atoms with Gasteiger partial charge in [-0.1, -0.05) is 44.2 Å². The van der Waals surface area contributed by atoms with E-state index >= 15 is 0 Å². The monoisotopic (exact) mass is 501 g/mol. The summed E-state index contributed by atoms with van der Waals surface area (Å²) < 4.78 is 17.0. The van der Waals surface area contributed by atoms with E-state index in [-0.39, 0.29) is 6.04 Å². The molecule has 0 spiro atoms. The molecule has 7 heteroatoms. The maximum atomic E-state index is 11.0. The third kappa shape index (κ3) is 6.90. The second-order valence-electron chi connectivity index (χ2n) is 9.35. The molecule has 4 aromatic rings. The molecule has 194 valence electrons. The van der Waals surface area contributed by atoms with E-state index in [0.29, 0.717) is 35.5 Å². The lowest BCUT2D eigenvalue weighted by molar-refractivity contribution is 0.140. The number of aliphatic hydroxyl groups excluding tert-OH is 1. The SMILES string of the molecule is COc1cc2nccc(Oc3ccc(NC(O)C(CC(C)C)NCc4ccccc4)cc3)c2cc1OC. The quantitative estimate of drug-likeness (QED) is 0.206. The average molecular weight is 502 g/mol. The van der Waals surface area contributed by atoms with Crippen LogP contribution in [0.25, 0.3) is 10.9 Å². The van der Waals surface area contributed by atoms with Gasteiger partial charge in [0.25, 0.3) is 0 Å². The lowest BCUT2D eigenvalue weighted by atomic mass is 10.0. The normalized spacial score (nSPS) is 12.8. The van der Waals surface area contributed by atoms with Crippen LogP contribution in [0.3, 0.4) is 0 Å². The lowest BCUT2D eigenvalue weighted by Crippen LogP contribution is -2.44. The minimum absolute atomic E-state index is 0.105. The van der Waals surface area contributed by atoms with E-state index in [1.807, 2.05) is 60.7 Å². The summed E-state index contributed by atoms with van der Waals surface area (Å²) in [5.74, 6) is 2.99. The van der Waals surface area contributed by atoms with E-state index in [0.717, 1.165) is 23.0 Å². The van der Waals surface area contributed by atoms with Gasteiger partial charge in [-0.15, -0.1) is 0 Å². The predicted molar refractivity (Wildman–Crippen MR) is 148 cm³/mol. The standard InChI is InChI=1S/C30H35N3O4/c1-20(2)16-26(32-19-21-8-6-5-7-9-21)30(34)33-22-10-12-23(13-11-22)37-27-14-15-31-25-18-29(36-4)28(35-3)17-24(25)27/h5-15,17-18,20,26,30,32-34H,16,19H2,1-4H3. The van der Waals surface area contributed by atoms with Crippen molar-refractivity contribution < 1.29 is 19.3 Å². The van der Waals surface area contributed by atoms with Crippen LogP contribution in [0.15, 0.2) is 79.0 Å². The molecular formula is C30H35N3O4. The zero-order valence-electron chi connectivity index (χ0n) is 21.8. The Morgan fingerprint density at radius 1 is 0.865 bits per heavy atom. The Bertz CT molecular complexity index is 1280. The summed E-state index contributed by atoms with van der Waals surface area (Å²) in [7, 11) is 3.20. The van der Waals surface area contributed by atoms with Crippen molar-refractivity contribution in [3.05, 3.63) is 84.6 Å². The van der Waals surface area contributed by atoms with Gasteiger partial charge in [0.15, 0.2) is 11.5 Å². The van der Waals surface area contributed by atoms with Crippen molar-refractivity contribution in [1.82, 2.24) is 10.3 Å². The highest BCUT2D eigenvalue weighted by molar-refractivity contribution is 5.88. The Kier molecular flexibility index (Phi) is 8.82. The van der Waals surface area contributed by atoms with Gasteiger partial charge in [-0.25, -0.2) is 0 Å². The number of nitrogens with zero attached hydrogens (tertiary/aromatic N) is 1. The topological polar surface area (TPSA) is 84.9 Å². The Morgan fingerprint density at radius 2 is 1.57 bits per heavy atom. The van der Waals surface area contributed by atoms with E-state index in [1.54, 1.807) is 20.4 Å². The number of anilines is 1. The fourth-order valence-electron chi connectivity index (χ4n) is 4.23.